The molecule has 3 heterocycles. The van der Waals surface area contributed by atoms with E-state index in [1.54, 1.807) is 6.08 Å². The fourth-order valence-electron chi connectivity index (χ4n) is 9.17. The van der Waals surface area contributed by atoms with Gasteiger partial charge in [0.05, 0.1) is 11.8 Å². The van der Waals surface area contributed by atoms with E-state index in [0.717, 1.165) is 5.56 Å². The Balaban J connectivity index is 1.17. The molecule has 2 aliphatic carbocycles. The number of piperidine rings is 1. The first-order valence-corrected chi connectivity index (χ1v) is 17.9. The first-order valence-electron chi connectivity index (χ1n) is 17.1. The summed E-state index contributed by atoms with van der Waals surface area (Å²) in [6, 6.07) is 14.8. The number of allylic oxidation sites excluding steroid dienone is 2. The van der Waals surface area contributed by atoms with Gasteiger partial charge >= 0.3 is 0 Å². The summed E-state index contributed by atoms with van der Waals surface area (Å²) in [5, 5.41) is 10.1. The van der Waals surface area contributed by atoms with E-state index in [2.05, 4.69) is 4.90 Å². The number of benzene rings is 3. The van der Waals surface area contributed by atoms with Gasteiger partial charge in [0.1, 0.15) is 11.4 Å². The van der Waals surface area contributed by atoms with Crippen molar-refractivity contribution >= 4 is 52.5 Å². The summed E-state index contributed by atoms with van der Waals surface area (Å²) >= 11 is 14.3. The van der Waals surface area contributed by atoms with Gasteiger partial charge in [-0.05, 0) is 54.9 Å². The number of imide groups is 2. The summed E-state index contributed by atoms with van der Waals surface area (Å²) in [6.45, 7) is 1.97. The highest BCUT2D eigenvalue weighted by Gasteiger charge is 2.77. The monoisotopic (exact) mass is 773 g/mol. The van der Waals surface area contributed by atoms with E-state index >= 15 is 8.78 Å². The highest BCUT2D eigenvalue weighted by Crippen LogP contribution is 2.66. The average Bonchev–Trinajstić information content (AvgIpc) is 3.49. The van der Waals surface area contributed by atoms with Crippen molar-refractivity contribution in [3.8, 4) is 5.75 Å². The van der Waals surface area contributed by atoms with Crippen molar-refractivity contribution in [2.75, 3.05) is 18.0 Å². The third-order valence-electron chi connectivity index (χ3n) is 11.7. The van der Waals surface area contributed by atoms with E-state index in [9.17, 15) is 37.5 Å². The topological polar surface area (TPSA) is 98.2 Å². The molecule has 8 nitrogen and oxygen atoms in total. The lowest BCUT2D eigenvalue weighted by Crippen LogP contribution is -2.60. The first-order chi connectivity index (χ1) is 25.2. The molecule has 0 bridgehead atoms. The highest BCUT2D eigenvalue weighted by atomic mass is 35.5. The second kappa shape index (κ2) is 12.6. The minimum Gasteiger partial charge on any atom is -0.508 e. The second-order valence-corrected chi connectivity index (χ2v) is 15.6. The maximum Gasteiger partial charge on any atom is 0.258 e. The van der Waals surface area contributed by atoms with Gasteiger partial charge in [-0.3, -0.25) is 29.0 Å². The van der Waals surface area contributed by atoms with Crippen LogP contribution in [0.25, 0.3) is 0 Å². The lowest BCUT2D eigenvalue weighted by molar-refractivity contribution is -0.144. The van der Waals surface area contributed by atoms with Gasteiger partial charge in [0.15, 0.2) is 33.0 Å². The predicted molar refractivity (Wildman–Crippen MR) is 181 cm³/mol. The number of likely N-dealkylation sites (tertiary alicyclic amines) is 2. The molecule has 1 N–H and O–H groups in total. The van der Waals surface area contributed by atoms with Gasteiger partial charge in [0.2, 0.25) is 17.6 Å². The van der Waals surface area contributed by atoms with Gasteiger partial charge in [0.25, 0.3) is 11.8 Å². The van der Waals surface area contributed by atoms with Gasteiger partial charge in [-0.2, -0.15) is 0 Å². The van der Waals surface area contributed by atoms with Gasteiger partial charge in [0, 0.05) is 31.6 Å². The molecule has 5 aliphatic rings. The van der Waals surface area contributed by atoms with Crippen LogP contribution in [0.3, 0.4) is 0 Å². The van der Waals surface area contributed by atoms with Crippen molar-refractivity contribution < 1.29 is 46.2 Å². The minimum absolute atomic E-state index is 0.0603. The number of anilines is 1. The normalized spacial score (nSPS) is 30.4. The zero-order valence-electron chi connectivity index (χ0n) is 27.7. The molecule has 0 spiro atoms. The number of fused-ring (bicyclic) bond motifs is 4. The number of hydrogen-bond donors (Lipinski definition) is 1. The molecule has 53 heavy (non-hydrogen) atoms. The Morgan fingerprint density at radius 1 is 0.755 bits per heavy atom. The van der Waals surface area contributed by atoms with Crippen molar-refractivity contribution in [1.29, 1.82) is 0 Å². The third-order valence-corrected chi connectivity index (χ3v) is 13.1. The molecule has 1 saturated carbocycles. The molecular weight excluding hydrogens is 744 g/mol. The summed E-state index contributed by atoms with van der Waals surface area (Å²) in [7, 11) is 0. The summed E-state index contributed by atoms with van der Waals surface area (Å²) in [5.41, 5.74) is -0.142. The zero-order chi connectivity index (χ0) is 37.7. The quantitative estimate of drug-likeness (QED) is 0.0815. The van der Waals surface area contributed by atoms with Crippen LogP contribution in [0.4, 0.5) is 27.6 Å². The SMILES string of the molecule is O=C1[C@H]2[C@H](CC=C3[C@H]2C[C@@]2(Cl)C(=O)N(c4c(F)c(F)c(F)c(F)c4F)C(=O)[C@@]2(Cl)[C@H]3c2ccc(O)cc2)C(=O)N1C1CCN(Cc2ccccc2)CC1. The maximum absolute atomic E-state index is 15.2. The van der Waals surface area contributed by atoms with Crippen molar-refractivity contribution in [3.05, 3.63) is 106 Å². The number of carbonyl (C=O) groups excluding carboxylic acids is 4. The summed E-state index contributed by atoms with van der Waals surface area (Å²) in [6.07, 6.45) is 2.20. The molecule has 4 amide bonds. The Hall–Kier alpha value is -4.33. The molecule has 6 atom stereocenters. The van der Waals surface area contributed by atoms with Gasteiger partial charge < -0.3 is 5.11 Å². The van der Waals surface area contributed by atoms with Gasteiger partial charge in [-0.25, -0.2) is 26.9 Å². The molecule has 276 valence electrons. The number of nitrogens with zero attached hydrogens (tertiary/aromatic N) is 3. The maximum atomic E-state index is 15.2. The lowest BCUT2D eigenvalue weighted by Gasteiger charge is -2.50. The molecule has 15 heteroatoms. The van der Waals surface area contributed by atoms with Gasteiger partial charge in [-0.1, -0.05) is 54.1 Å². The zero-order valence-corrected chi connectivity index (χ0v) is 29.2. The van der Waals surface area contributed by atoms with Crippen molar-refractivity contribution in [1.82, 2.24) is 9.80 Å². The van der Waals surface area contributed by atoms with Gasteiger partial charge in [-0.15, -0.1) is 23.2 Å². The van der Waals surface area contributed by atoms with Crippen LogP contribution in [0.15, 0.2) is 66.2 Å². The number of rotatable bonds is 5. The predicted octanol–water partition coefficient (Wildman–Crippen LogP) is 6.32. The van der Waals surface area contributed by atoms with Crippen LogP contribution in [-0.2, 0) is 25.7 Å². The van der Waals surface area contributed by atoms with E-state index in [-0.39, 0.29) is 28.5 Å². The van der Waals surface area contributed by atoms with Crippen LogP contribution in [-0.4, -0.2) is 67.4 Å². The Morgan fingerprint density at radius 2 is 1.36 bits per heavy atom. The van der Waals surface area contributed by atoms with Crippen LogP contribution >= 0.6 is 23.2 Å². The molecule has 0 aromatic heterocycles. The van der Waals surface area contributed by atoms with Crippen LogP contribution in [0, 0.1) is 46.8 Å². The van der Waals surface area contributed by atoms with Crippen molar-refractivity contribution in [3.63, 3.8) is 0 Å². The lowest BCUT2D eigenvalue weighted by atomic mass is 9.56. The van der Waals surface area contributed by atoms with E-state index in [1.807, 2.05) is 30.3 Å². The molecule has 4 fully saturated rings. The Labute approximate surface area is 309 Å². The van der Waals surface area contributed by atoms with Crippen LogP contribution in [0.2, 0.25) is 0 Å². The molecule has 3 aromatic carbocycles. The molecule has 0 unspecified atom stereocenters. The minimum atomic E-state index is -2.62. The number of halogens is 7. The average molecular weight is 775 g/mol. The van der Waals surface area contributed by atoms with E-state index < -0.39 is 98.4 Å². The van der Waals surface area contributed by atoms with Crippen molar-refractivity contribution in [2.45, 2.75) is 53.9 Å². The molecular formula is C38H30Cl2F5N3O5. The fraction of sp³-hybridized carbons (Fsp3) is 0.368. The van der Waals surface area contributed by atoms with E-state index in [1.165, 1.54) is 29.2 Å². The number of phenolic OH excluding ortho intramolecular Hbond substituents is 1. The molecule has 8 rings (SSSR count). The molecule has 3 aromatic rings. The first kappa shape index (κ1) is 35.7. The number of amides is 4. The number of aromatic hydroxyl groups is 1. The number of carbonyl (C=O) groups is 4. The smallest absolute Gasteiger partial charge is 0.258 e. The number of alkyl halides is 2. The largest absolute Gasteiger partial charge is 0.508 e. The Kier molecular flexibility index (Phi) is 8.50. The third kappa shape index (κ3) is 5.02. The van der Waals surface area contributed by atoms with Crippen LogP contribution < -0.4 is 4.90 Å². The fourth-order valence-corrected chi connectivity index (χ4v) is 10.1. The van der Waals surface area contributed by atoms with Crippen LogP contribution in [0.5, 0.6) is 5.75 Å². The molecule has 3 saturated heterocycles. The highest BCUT2D eigenvalue weighted by molar-refractivity contribution is 6.58. The standard InChI is InChI=1S/C38H30Cl2F5N3O5/c39-37-16-24-22(10-11-23-25(24)34(51)47(33(23)50)20-12-14-46(15-13-20)17-18-4-2-1-3-5-18)26(19-6-8-21(49)9-7-19)38(37,40)36(53)48(35(37)52)32-30(44)28(42)27(41)29(43)31(32)45/h1-10,20,23-26,49H,11-17H2/t23-,24+,25-,26-,37+,38-/m0/s1. The number of phenols is 1. The summed E-state index contributed by atoms with van der Waals surface area (Å²) < 4.78 is 73.4. The Bertz CT molecular complexity index is 2090. The van der Waals surface area contributed by atoms with E-state index in [4.69, 9.17) is 23.2 Å². The molecule has 0 radical (unpaired) electrons. The van der Waals surface area contributed by atoms with Crippen LogP contribution in [0.1, 0.15) is 42.7 Å². The van der Waals surface area contributed by atoms with E-state index in [0.29, 0.717) is 38.0 Å². The summed E-state index contributed by atoms with van der Waals surface area (Å²) in [5.74, 6) is -20.6. The second-order valence-electron chi connectivity index (χ2n) is 14.3. The number of hydrogen-bond acceptors (Lipinski definition) is 6. The van der Waals surface area contributed by atoms with Crippen molar-refractivity contribution in [2.24, 2.45) is 17.8 Å². The Morgan fingerprint density at radius 3 is 1.98 bits per heavy atom. The molecule has 3 aliphatic heterocycles. The summed E-state index contributed by atoms with van der Waals surface area (Å²) in [4.78, 5) is 55.3.